The van der Waals surface area contributed by atoms with Crippen LogP contribution >= 0.6 is 0 Å². The molecule has 0 aliphatic carbocycles. The van der Waals surface area contributed by atoms with Gasteiger partial charge in [0.1, 0.15) is 11.6 Å². The predicted molar refractivity (Wildman–Crippen MR) is 64.0 cm³/mol. The standard InChI is InChI=1S/C11H14N4O2/c1-12-8-6-5-7-11(14-8)15-9(13-7)3-2-4-10(16)17/h5-6H,2-4H2,1H3,(H,16,17)(H2,12,13,14,15). The van der Waals surface area contributed by atoms with Gasteiger partial charge in [0, 0.05) is 19.9 Å². The van der Waals surface area contributed by atoms with Gasteiger partial charge in [0.25, 0.3) is 0 Å². The van der Waals surface area contributed by atoms with Crippen LogP contribution in [0.2, 0.25) is 0 Å². The van der Waals surface area contributed by atoms with Crippen molar-refractivity contribution in [2.75, 3.05) is 12.4 Å². The molecule has 0 aliphatic heterocycles. The highest BCUT2D eigenvalue weighted by Crippen LogP contribution is 2.13. The number of nitrogens with zero attached hydrogens (tertiary/aromatic N) is 2. The molecule has 0 aliphatic rings. The minimum atomic E-state index is -0.781. The molecule has 2 aromatic heterocycles. The van der Waals surface area contributed by atoms with Crippen molar-refractivity contribution < 1.29 is 9.90 Å². The molecular formula is C11H14N4O2. The summed E-state index contributed by atoms with van der Waals surface area (Å²) in [6.45, 7) is 0. The second-order valence-electron chi connectivity index (χ2n) is 3.75. The number of imidazole rings is 1. The number of fused-ring (bicyclic) bond motifs is 1. The fourth-order valence-electron chi connectivity index (χ4n) is 1.61. The molecule has 0 saturated carbocycles. The van der Waals surface area contributed by atoms with Crippen LogP contribution in [-0.4, -0.2) is 33.1 Å². The Morgan fingerprint density at radius 3 is 3.00 bits per heavy atom. The Hall–Kier alpha value is -2.11. The number of hydrogen-bond donors (Lipinski definition) is 3. The normalized spacial score (nSPS) is 10.6. The Kier molecular flexibility index (Phi) is 3.22. The Balaban J connectivity index is 2.11. The zero-order chi connectivity index (χ0) is 12.3. The molecule has 0 unspecified atom stereocenters. The van der Waals surface area contributed by atoms with Crippen LogP contribution in [0.15, 0.2) is 12.1 Å². The van der Waals surface area contributed by atoms with Crippen LogP contribution < -0.4 is 5.32 Å². The minimum absolute atomic E-state index is 0.159. The number of aromatic amines is 1. The summed E-state index contributed by atoms with van der Waals surface area (Å²) in [5.41, 5.74) is 1.52. The van der Waals surface area contributed by atoms with Crippen LogP contribution in [0, 0.1) is 0 Å². The maximum absolute atomic E-state index is 10.4. The van der Waals surface area contributed by atoms with Crippen molar-refractivity contribution in [3.63, 3.8) is 0 Å². The zero-order valence-electron chi connectivity index (χ0n) is 9.53. The van der Waals surface area contributed by atoms with Crippen molar-refractivity contribution in [3.8, 4) is 0 Å². The van der Waals surface area contributed by atoms with E-state index in [1.807, 2.05) is 12.1 Å². The number of hydrogen-bond acceptors (Lipinski definition) is 4. The first-order valence-electron chi connectivity index (χ1n) is 5.44. The van der Waals surface area contributed by atoms with Gasteiger partial charge in [0.2, 0.25) is 0 Å². The van der Waals surface area contributed by atoms with Gasteiger partial charge in [0.05, 0.1) is 5.52 Å². The number of nitrogens with one attached hydrogen (secondary N) is 2. The number of carboxylic acids is 1. The predicted octanol–water partition coefficient (Wildman–Crippen LogP) is 1.41. The van der Waals surface area contributed by atoms with Crippen molar-refractivity contribution in [3.05, 3.63) is 18.0 Å². The van der Waals surface area contributed by atoms with E-state index < -0.39 is 5.97 Å². The van der Waals surface area contributed by atoms with Crippen LogP contribution in [-0.2, 0) is 11.2 Å². The summed E-state index contributed by atoms with van der Waals surface area (Å²) in [6, 6.07) is 3.77. The molecule has 6 heteroatoms. The molecule has 0 fully saturated rings. The maximum atomic E-state index is 10.4. The Labute approximate surface area is 98.1 Å². The monoisotopic (exact) mass is 234 g/mol. The van der Waals surface area contributed by atoms with Gasteiger partial charge in [-0.15, -0.1) is 0 Å². The third-order valence-electron chi connectivity index (χ3n) is 2.46. The molecule has 0 radical (unpaired) electrons. The quantitative estimate of drug-likeness (QED) is 0.727. The number of carbonyl (C=O) groups is 1. The van der Waals surface area contributed by atoms with E-state index in [9.17, 15) is 4.79 Å². The third-order valence-corrected chi connectivity index (χ3v) is 2.46. The fourth-order valence-corrected chi connectivity index (χ4v) is 1.61. The number of aliphatic carboxylic acids is 1. The van der Waals surface area contributed by atoms with Crippen molar-refractivity contribution in [2.45, 2.75) is 19.3 Å². The molecule has 6 nitrogen and oxygen atoms in total. The van der Waals surface area contributed by atoms with Gasteiger partial charge in [-0.2, -0.15) is 0 Å². The minimum Gasteiger partial charge on any atom is -0.481 e. The second kappa shape index (κ2) is 4.82. The number of pyridine rings is 1. The van der Waals surface area contributed by atoms with E-state index in [2.05, 4.69) is 20.3 Å². The summed E-state index contributed by atoms with van der Waals surface area (Å²) in [6.07, 6.45) is 1.36. The molecule has 2 rings (SSSR count). The molecule has 2 aromatic rings. The average Bonchev–Trinajstić information content (AvgIpc) is 2.69. The molecule has 0 atom stereocenters. The van der Waals surface area contributed by atoms with Gasteiger partial charge >= 0.3 is 5.97 Å². The summed E-state index contributed by atoms with van der Waals surface area (Å²) in [5.74, 6) is 0.764. The largest absolute Gasteiger partial charge is 0.481 e. The maximum Gasteiger partial charge on any atom is 0.303 e. The van der Waals surface area contributed by atoms with Gasteiger partial charge in [-0.1, -0.05) is 0 Å². The molecule has 0 saturated heterocycles. The summed E-state index contributed by atoms with van der Waals surface area (Å²) in [4.78, 5) is 22.1. The number of anilines is 1. The van der Waals surface area contributed by atoms with Crippen LogP contribution in [0.25, 0.3) is 11.2 Å². The van der Waals surface area contributed by atoms with E-state index in [1.165, 1.54) is 0 Å². The molecule has 3 N–H and O–H groups in total. The molecule has 0 aromatic carbocycles. The number of aromatic nitrogens is 3. The van der Waals surface area contributed by atoms with Crippen LogP contribution in [0.5, 0.6) is 0 Å². The van der Waals surface area contributed by atoms with Gasteiger partial charge in [-0.3, -0.25) is 4.79 Å². The van der Waals surface area contributed by atoms with Crippen molar-refractivity contribution in [1.29, 1.82) is 0 Å². The van der Waals surface area contributed by atoms with Crippen molar-refractivity contribution in [1.82, 2.24) is 15.0 Å². The number of H-pyrrole nitrogens is 1. The first kappa shape index (κ1) is 11.4. The first-order valence-corrected chi connectivity index (χ1v) is 5.44. The average molecular weight is 234 g/mol. The lowest BCUT2D eigenvalue weighted by atomic mass is 10.2. The molecule has 2 heterocycles. The second-order valence-corrected chi connectivity index (χ2v) is 3.75. The SMILES string of the molecule is CNc1ccc2[nH]c(CCCC(=O)O)nc2n1. The number of carboxylic acid groups (broad SMARTS) is 1. The van der Waals surface area contributed by atoms with Crippen LogP contribution in [0.1, 0.15) is 18.7 Å². The van der Waals surface area contributed by atoms with Gasteiger partial charge < -0.3 is 15.4 Å². The third kappa shape index (κ3) is 2.72. The van der Waals surface area contributed by atoms with Gasteiger partial charge in [-0.25, -0.2) is 9.97 Å². The van der Waals surface area contributed by atoms with E-state index in [0.29, 0.717) is 18.5 Å². The van der Waals surface area contributed by atoms with Gasteiger partial charge in [0.15, 0.2) is 5.65 Å². The van der Waals surface area contributed by atoms with Crippen molar-refractivity contribution >= 4 is 23.0 Å². The van der Waals surface area contributed by atoms with E-state index in [0.717, 1.165) is 17.2 Å². The Bertz CT molecular complexity index is 535. The summed E-state index contributed by atoms with van der Waals surface area (Å²) < 4.78 is 0. The first-order chi connectivity index (χ1) is 8.19. The highest BCUT2D eigenvalue weighted by atomic mass is 16.4. The molecule has 17 heavy (non-hydrogen) atoms. The highest BCUT2D eigenvalue weighted by molar-refractivity contribution is 5.72. The van der Waals surface area contributed by atoms with E-state index >= 15 is 0 Å². The number of aryl methyl sites for hydroxylation is 1. The summed E-state index contributed by atoms with van der Waals surface area (Å²) >= 11 is 0. The summed E-state index contributed by atoms with van der Waals surface area (Å²) in [7, 11) is 1.80. The Morgan fingerprint density at radius 2 is 2.29 bits per heavy atom. The molecule has 90 valence electrons. The Morgan fingerprint density at radius 1 is 1.47 bits per heavy atom. The lowest BCUT2D eigenvalue weighted by Crippen LogP contribution is -1.96. The smallest absolute Gasteiger partial charge is 0.303 e. The van der Waals surface area contributed by atoms with Crippen molar-refractivity contribution in [2.24, 2.45) is 0 Å². The summed E-state index contributed by atoms with van der Waals surface area (Å²) in [5, 5.41) is 11.5. The number of rotatable bonds is 5. The molecule has 0 bridgehead atoms. The zero-order valence-corrected chi connectivity index (χ0v) is 9.53. The van der Waals surface area contributed by atoms with Gasteiger partial charge in [-0.05, 0) is 18.6 Å². The lowest BCUT2D eigenvalue weighted by molar-refractivity contribution is -0.137. The van der Waals surface area contributed by atoms with E-state index in [1.54, 1.807) is 7.05 Å². The van der Waals surface area contributed by atoms with E-state index in [-0.39, 0.29) is 6.42 Å². The molecule has 0 spiro atoms. The fraction of sp³-hybridized carbons (Fsp3) is 0.364. The van der Waals surface area contributed by atoms with Crippen LogP contribution in [0.4, 0.5) is 5.82 Å². The van der Waals surface area contributed by atoms with Crippen LogP contribution in [0.3, 0.4) is 0 Å². The highest BCUT2D eigenvalue weighted by Gasteiger charge is 2.05. The topological polar surface area (TPSA) is 90.9 Å². The van der Waals surface area contributed by atoms with E-state index in [4.69, 9.17) is 5.11 Å². The molecule has 0 amide bonds. The molecular weight excluding hydrogens is 220 g/mol. The lowest BCUT2D eigenvalue weighted by Gasteiger charge is -1.95.